The lowest BCUT2D eigenvalue weighted by Crippen LogP contribution is -2.28. The van der Waals surface area contributed by atoms with Crippen molar-refractivity contribution in [1.82, 2.24) is 5.43 Å². The predicted molar refractivity (Wildman–Crippen MR) is 83.6 cm³/mol. The van der Waals surface area contributed by atoms with Crippen LogP contribution in [0, 0.1) is 11.6 Å². The second-order valence-electron chi connectivity index (χ2n) is 5.65. The molecule has 0 aliphatic carbocycles. The van der Waals surface area contributed by atoms with Gasteiger partial charge in [0.1, 0.15) is 11.6 Å². The Morgan fingerprint density at radius 1 is 1.00 bits per heavy atom. The molecule has 0 saturated carbocycles. The van der Waals surface area contributed by atoms with Crippen LogP contribution in [0.2, 0.25) is 0 Å². The summed E-state index contributed by atoms with van der Waals surface area (Å²) in [5.41, 5.74) is 3.08. The summed E-state index contributed by atoms with van der Waals surface area (Å²) in [7, 11) is 0. The number of unbranched alkanes of at least 4 members (excludes halogenated alkanes) is 7. The first kappa shape index (κ1) is 18.1. The standard InChI is InChI=1S/C17H28F2N2/c1-2-3-4-5-6-7-8-9-10-17(21-20)15-12-11-14(18)13-16(15)19/h11-13,17,21H,2-10,20H2,1H3. The van der Waals surface area contributed by atoms with E-state index in [4.69, 9.17) is 5.84 Å². The minimum atomic E-state index is -0.556. The van der Waals surface area contributed by atoms with Gasteiger partial charge in [0.25, 0.3) is 0 Å². The largest absolute Gasteiger partial charge is 0.271 e. The molecule has 1 unspecified atom stereocenters. The predicted octanol–water partition coefficient (Wildman–Crippen LogP) is 5.00. The lowest BCUT2D eigenvalue weighted by molar-refractivity contribution is 0.453. The fraction of sp³-hybridized carbons (Fsp3) is 0.647. The minimum Gasteiger partial charge on any atom is -0.271 e. The molecule has 1 aromatic carbocycles. The third-order valence-electron chi connectivity index (χ3n) is 3.89. The van der Waals surface area contributed by atoms with Gasteiger partial charge < -0.3 is 0 Å². The molecular weight excluding hydrogens is 270 g/mol. The highest BCUT2D eigenvalue weighted by atomic mass is 19.1. The fourth-order valence-electron chi connectivity index (χ4n) is 2.60. The first-order valence-electron chi connectivity index (χ1n) is 8.10. The van der Waals surface area contributed by atoms with Gasteiger partial charge in [-0.1, -0.05) is 64.4 Å². The SMILES string of the molecule is CCCCCCCCCCC(NN)c1ccc(F)cc1F. The van der Waals surface area contributed by atoms with Gasteiger partial charge >= 0.3 is 0 Å². The second kappa shape index (κ2) is 10.7. The van der Waals surface area contributed by atoms with Crippen molar-refractivity contribution in [1.29, 1.82) is 0 Å². The number of rotatable bonds is 11. The zero-order chi connectivity index (χ0) is 15.5. The molecule has 0 heterocycles. The molecule has 120 valence electrons. The van der Waals surface area contributed by atoms with Gasteiger partial charge in [-0.3, -0.25) is 11.3 Å². The summed E-state index contributed by atoms with van der Waals surface area (Å²) in [5, 5.41) is 0. The van der Waals surface area contributed by atoms with Crippen molar-refractivity contribution >= 4 is 0 Å². The van der Waals surface area contributed by atoms with E-state index in [1.807, 2.05) is 0 Å². The molecule has 1 rings (SSSR count). The molecule has 2 nitrogen and oxygen atoms in total. The van der Waals surface area contributed by atoms with E-state index in [2.05, 4.69) is 12.3 Å². The zero-order valence-corrected chi connectivity index (χ0v) is 13.0. The Balaban J connectivity index is 2.25. The molecule has 3 N–H and O–H groups in total. The quantitative estimate of drug-likeness (QED) is 0.343. The second-order valence-corrected chi connectivity index (χ2v) is 5.65. The van der Waals surface area contributed by atoms with E-state index in [1.165, 1.54) is 50.7 Å². The molecule has 0 aromatic heterocycles. The first-order valence-corrected chi connectivity index (χ1v) is 8.10. The maximum Gasteiger partial charge on any atom is 0.130 e. The average molecular weight is 298 g/mol. The molecule has 21 heavy (non-hydrogen) atoms. The van der Waals surface area contributed by atoms with Gasteiger partial charge in [-0.25, -0.2) is 8.78 Å². The van der Waals surface area contributed by atoms with Crippen molar-refractivity contribution in [2.75, 3.05) is 0 Å². The topological polar surface area (TPSA) is 38.0 Å². The summed E-state index contributed by atoms with van der Waals surface area (Å²) in [6.45, 7) is 2.22. The Bertz CT molecular complexity index is 396. The van der Waals surface area contributed by atoms with Crippen molar-refractivity contribution in [3.63, 3.8) is 0 Å². The third-order valence-corrected chi connectivity index (χ3v) is 3.89. The molecule has 1 atom stereocenters. The van der Waals surface area contributed by atoms with Crippen LogP contribution >= 0.6 is 0 Å². The van der Waals surface area contributed by atoms with E-state index in [0.29, 0.717) is 5.56 Å². The number of nitrogens with two attached hydrogens (primary N) is 1. The molecule has 0 amide bonds. The van der Waals surface area contributed by atoms with Crippen molar-refractivity contribution < 1.29 is 8.78 Å². The molecule has 1 aromatic rings. The van der Waals surface area contributed by atoms with Gasteiger partial charge in [-0.2, -0.15) is 0 Å². The lowest BCUT2D eigenvalue weighted by atomic mass is 9.99. The molecule has 0 radical (unpaired) electrons. The lowest BCUT2D eigenvalue weighted by Gasteiger charge is -2.17. The number of benzene rings is 1. The maximum absolute atomic E-state index is 13.7. The van der Waals surface area contributed by atoms with E-state index in [1.54, 1.807) is 0 Å². The minimum absolute atomic E-state index is 0.245. The summed E-state index contributed by atoms with van der Waals surface area (Å²) >= 11 is 0. The van der Waals surface area contributed by atoms with Crippen LogP contribution in [-0.2, 0) is 0 Å². The van der Waals surface area contributed by atoms with Gasteiger partial charge in [0.2, 0.25) is 0 Å². The summed E-state index contributed by atoms with van der Waals surface area (Å²) in [5.74, 6) is 4.41. The van der Waals surface area contributed by atoms with Gasteiger partial charge in [0.05, 0.1) is 0 Å². The first-order chi connectivity index (χ1) is 10.2. The Labute approximate surface area is 127 Å². The van der Waals surface area contributed by atoms with Crippen LogP contribution in [0.15, 0.2) is 18.2 Å². The van der Waals surface area contributed by atoms with Crippen LogP contribution in [0.5, 0.6) is 0 Å². The molecule has 0 bridgehead atoms. The van der Waals surface area contributed by atoms with Crippen molar-refractivity contribution in [3.05, 3.63) is 35.4 Å². The van der Waals surface area contributed by atoms with E-state index in [9.17, 15) is 8.78 Å². The molecule has 0 aliphatic heterocycles. The molecule has 0 spiro atoms. The number of halogens is 2. The van der Waals surface area contributed by atoms with E-state index >= 15 is 0 Å². The zero-order valence-electron chi connectivity index (χ0n) is 13.0. The Hall–Kier alpha value is -1.00. The van der Waals surface area contributed by atoms with E-state index < -0.39 is 11.6 Å². The van der Waals surface area contributed by atoms with Gasteiger partial charge in [-0.15, -0.1) is 0 Å². The Kier molecular flexibility index (Phi) is 9.19. The fourth-order valence-corrected chi connectivity index (χ4v) is 2.60. The highest BCUT2D eigenvalue weighted by molar-refractivity contribution is 5.21. The molecule has 0 fully saturated rings. The summed E-state index contributed by atoms with van der Waals surface area (Å²) in [6, 6.07) is 3.41. The van der Waals surface area contributed by atoms with E-state index in [0.717, 1.165) is 25.3 Å². The van der Waals surface area contributed by atoms with Gasteiger partial charge in [0.15, 0.2) is 0 Å². The smallest absolute Gasteiger partial charge is 0.130 e. The van der Waals surface area contributed by atoms with E-state index in [-0.39, 0.29) is 6.04 Å². The van der Waals surface area contributed by atoms with Crippen LogP contribution in [-0.4, -0.2) is 0 Å². The van der Waals surface area contributed by atoms with Crippen LogP contribution in [0.3, 0.4) is 0 Å². The van der Waals surface area contributed by atoms with Crippen LogP contribution < -0.4 is 11.3 Å². The summed E-state index contributed by atoms with van der Waals surface area (Å²) in [4.78, 5) is 0. The number of hydrogen-bond donors (Lipinski definition) is 2. The van der Waals surface area contributed by atoms with Gasteiger partial charge in [-0.05, 0) is 12.5 Å². The normalized spacial score (nSPS) is 12.6. The number of nitrogens with one attached hydrogen (secondary N) is 1. The Morgan fingerprint density at radius 3 is 2.19 bits per heavy atom. The van der Waals surface area contributed by atoms with Crippen molar-refractivity contribution in [3.8, 4) is 0 Å². The highest BCUT2D eigenvalue weighted by Crippen LogP contribution is 2.23. The summed E-state index contributed by atoms with van der Waals surface area (Å²) < 4.78 is 26.6. The average Bonchev–Trinajstić information content (AvgIpc) is 2.47. The highest BCUT2D eigenvalue weighted by Gasteiger charge is 2.14. The molecular formula is C17H28F2N2. The molecule has 0 saturated heterocycles. The van der Waals surface area contributed by atoms with Gasteiger partial charge in [0, 0.05) is 17.7 Å². The van der Waals surface area contributed by atoms with Crippen molar-refractivity contribution in [2.24, 2.45) is 5.84 Å². The molecule has 4 heteroatoms. The van der Waals surface area contributed by atoms with Crippen LogP contribution in [0.1, 0.15) is 76.3 Å². The summed E-state index contributed by atoms with van der Waals surface area (Å²) in [6.07, 6.45) is 10.6. The van der Waals surface area contributed by atoms with Crippen LogP contribution in [0.25, 0.3) is 0 Å². The number of hydrazine groups is 1. The maximum atomic E-state index is 13.7. The van der Waals surface area contributed by atoms with Crippen molar-refractivity contribution in [2.45, 2.75) is 70.8 Å². The molecule has 0 aliphatic rings. The Morgan fingerprint density at radius 2 is 1.62 bits per heavy atom. The number of hydrogen-bond acceptors (Lipinski definition) is 2. The third kappa shape index (κ3) is 7.00. The monoisotopic (exact) mass is 298 g/mol. The van der Waals surface area contributed by atoms with Crippen LogP contribution in [0.4, 0.5) is 8.78 Å².